The van der Waals surface area contributed by atoms with Gasteiger partial charge < -0.3 is 14.3 Å². The molecule has 0 spiro atoms. The standard InChI is InChI=1S/C39H54O6Si/c1-27(40)44-26-29-25-30(45-28(2)41)19-23-38(29,5)35-21-24-39(6)34(17-18-36(39)42)33(35)20-22-37(3,4)46(43,31-13-9-7-10-14-31)32-15-11-8-12-16-32/h7-16,29-30,33-35,43H,17-26H2,1-6H3/t29-,30+,33+,34+,35+,38+,39+/m1/s1. The maximum Gasteiger partial charge on any atom is 0.302 e. The molecule has 1 N–H and O–H groups in total. The van der Waals surface area contributed by atoms with Crippen molar-refractivity contribution in [1.29, 1.82) is 0 Å². The van der Waals surface area contributed by atoms with E-state index in [-0.39, 0.29) is 45.7 Å². The molecule has 5 rings (SSSR count). The number of hydrogen-bond donors (Lipinski definition) is 1. The van der Waals surface area contributed by atoms with Gasteiger partial charge in [-0.05, 0) is 89.9 Å². The average molecular weight is 647 g/mol. The van der Waals surface area contributed by atoms with Crippen LogP contribution in [-0.2, 0) is 23.9 Å². The number of Topliss-reactive ketones (excluding diaryl/α,β-unsaturated/α-hetero) is 1. The molecule has 0 aromatic heterocycles. The first-order valence-electron chi connectivity index (χ1n) is 17.4. The van der Waals surface area contributed by atoms with Gasteiger partial charge >= 0.3 is 11.9 Å². The lowest BCUT2D eigenvalue weighted by molar-refractivity contribution is -0.162. The van der Waals surface area contributed by atoms with E-state index in [0.29, 0.717) is 37.1 Å². The molecule has 6 nitrogen and oxygen atoms in total. The first-order valence-corrected chi connectivity index (χ1v) is 19.3. The Labute approximate surface area is 276 Å². The Balaban J connectivity index is 1.50. The van der Waals surface area contributed by atoms with Gasteiger partial charge in [0, 0.05) is 31.6 Å². The summed E-state index contributed by atoms with van der Waals surface area (Å²) < 4.78 is 11.4. The third kappa shape index (κ3) is 6.38. The van der Waals surface area contributed by atoms with Crippen molar-refractivity contribution in [2.75, 3.05) is 6.61 Å². The lowest BCUT2D eigenvalue weighted by Gasteiger charge is -2.57. The maximum atomic E-state index is 13.4. The summed E-state index contributed by atoms with van der Waals surface area (Å²) in [7, 11) is -3.20. The van der Waals surface area contributed by atoms with Crippen molar-refractivity contribution in [3.63, 3.8) is 0 Å². The second-order valence-corrected chi connectivity index (χ2v) is 19.6. The van der Waals surface area contributed by atoms with Gasteiger partial charge in [0.25, 0.3) is 8.32 Å². The van der Waals surface area contributed by atoms with Crippen LogP contribution < -0.4 is 10.4 Å². The van der Waals surface area contributed by atoms with Gasteiger partial charge in [-0.15, -0.1) is 0 Å². The number of hydrogen-bond acceptors (Lipinski definition) is 6. The molecule has 2 aromatic carbocycles. The normalized spacial score (nSPS) is 31.6. The number of ether oxygens (including phenoxy) is 2. The van der Waals surface area contributed by atoms with E-state index in [1.165, 1.54) is 13.8 Å². The van der Waals surface area contributed by atoms with E-state index < -0.39 is 8.32 Å². The van der Waals surface area contributed by atoms with Crippen molar-refractivity contribution in [1.82, 2.24) is 0 Å². The Hall–Kier alpha value is -2.77. The monoisotopic (exact) mass is 646 g/mol. The van der Waals surface area contributed by atoms with Crippen LogP contribution in [0.1, 0.15) is 99.3 Å². The fourth-order valence-corrected chi connectivity index (χ4v) is 13.7. The van der Waals surface area contributed by atoms with Gasteiger partial charge in [-0.1, -0.05) is 88.4 Å². The van der Waals surface area contributed by atoms with E-state index in [1.54, 1.807) is 0 Å². The highest BCUT2D eigenvalue weighted by Crippen LogP contribution is 2.63. The summed E-state index contributed by atoms with van der Waals surface area (Å²) in [5, 5.41) is 1.65. The van der Waals surface area contributed by atoms with Crippen molar-refractivity contribution in [3.8, 4) is 0 Å². The molecule has 3 aliphatic carbocycles. The van der Waals surface area contributed by atoms with Gasteiger partial charge in [-0.3, -0.25) is 14.4 Å². The third-order valence-corrected chi connectivity index (χ3v) is 17.3. The molecule has 2 aromatic rings. The molecule has 0 saturated heterocycles. The zero-order chi connectivity index (χ0) is 33.3. The number of ketones is 1. The summed E-state index contributed by atoms with van der Waals surface area (Å²) in [4.78, 5) is 50.2. The van der Waals surface area contributed by atoms with Crippen molar-refractivity contribution in [2.45, 2.75) is 110 Å². The van der Waals surface area contributed by atoms with Crippen LogP contribution >= 0.6 is 0 Å². The summed E-state index contributed by atoms with van der Waals surface area (Å²) >= 11 is 0. The van der Waals surface area contributed by atoms with E-state index in [2.05, 4.69) is 52.0 Å². The Kier molecular flexibility index (Phi) is 10.1. The largest absolute Gasteiger partial charge is 0.466 e. The zero-order valence-electron chi connectivity index (χ0n) is 28.7. The van der Waals surface area contributed by atoms with Crippen molar-refractivity contribution >= 4 is 36.4 Å². The Morgan fingerprint density at radius 2 is 1.50 bits per heavy atom. The fraction of sp³-hybridized carbons (Fsp3) is 0.615. The number of rotatable bonds is 10. The van der Waals surface area contributed by atoms with Gasteiger partial charge in [0.2, 0.25) is 0 Å². The van der Waals surface area contributed by atoms with Gasteiger partial charge in [-0.25, -0.2) is 0 Å². The molecular formula is C39H54O6Si. The first-order chi connectivity index (χ1) is 21.7. The van der Waals surface area contributed by atoms with Crippen LogP contribution in [0.2, 0.25) is 5.04 Å². The topological polar surface area (TPSA) is 89.9 Å². The smallest absolute Gasteiger partial charge is 0.302 e. The van der Waals surface area contributed by atoms with E-state index >= 15 is 0 Å². The maximum absolute atomic E-state index is 13.4. The number of carbonyl (C=O) groups is 3. The van der Waals surface area contributed by atoms with Crippen LogP contribution in [0.3, 0.4) is 0 Å². The predicted octanol–water partition coefficient (Wildman–Crippen LogP) is 6.61. The molecular weight excluding hydrogens is 593 g/mol. The predicted molar refractivity (Wildman–Crippen MR) is 183 cm³/mol. The average Bonchev–Trinajstić information content (AvgIpc) is 3.34. The van der Waals surface area contributed by atoms with Crippen molar-refractivity contribution in [2.24, 2.45) is 34.5 Å². The molecule has 0 radical (unpaired) electrons. The summed E-state index contributed by atoms with van der Waals surface area (Å²) in [5.41, 5.74) is -0.449. The summed E-state index contributed by atoms with van der Waals surface area (Å²) in [6.07, 6.45) is 7.31. The van der Waals surface area contributed by atoms with Crippen LogP contribution in [0, 0.1) is 34.5 Å². The van der Waals surface area contributed by atoms with Crippen LogP contribution in [-0.4, -0.2) is 43.5 Å². The van der Waals surface area contributed by atoms with Crippen LogP contribution in [0.25, 0.3) is 0 Å². The van der Waals surface area contributed by atoms with E-state index in [9.17, 15) is 19.2 Å². The highest BCUT2D eigenvalue weighted by molar-refractivity contribution is 6.98. The number of fused-ring (bicyclic) bond motifs is 1. The number of esters is 2. The Morgan fingerprint density at radius 1 is 0.891 bits per heavy atom. The minimum Gasteiger partial charge on any atom is -0.466 e. The molecule has 0 amide bonds. The molecule has 0 aliphatic heterocycles. The summed E-state index contributed by atoms with van der Waals surface area (Å²) in [6, 6.07) is 20.4. The highest BCUT2D eigenvalue weighted by Gasteiger charge is 2.59. The Bertz CT molecular complexity index is 1350. The van der Waals surface area contributed by atoms with Gasteiger partial charge in [0.05, 0.1) is 6.61 Å². The minimum atomic E-state index is -3.20. The molecule has 7 atom stereocenters. The second-order valence-electron chi connectivity index (χ2n) is 15.7. The van der Waals surface area contributed by atoms with E-state index in [4.69, 9.17) is 9.47 Å². The van der Waals surface area contributed by atoms with Crippen LogP contribution in [0.4, 0.5) is 0 Å². The van der Waals surface area contributed by atoms with Crippen LogP contribution in [0.5, 0.6) is 0 Å². The quantitative estimate of drug-likeness (QED) is 0.231. The zero-order valence-corrected chi connectivity index (χ0v) is 29.7. The minimum absolute atomic E-state index is 0.0522. The molecule has 7 heteroatoms. The van der Waals surface area contributed by atoms with Crippen LogP contribution in [0.15, 0.2) is 60.7 Å². The van der Waals surface area contributed by atoms with Crippen molar-refractivity contribution in [3.05, 3.63) is 60.7 Å². The second kappa shape index (κ2) is 13.4. The molecule has 0 bridgehead atoms. The molecule has 0 unspecified atom stereocenters. The lowest BCUT2D eigenvalue weighted by atomic mass is 9.49. The summed E-state index contributed by atoms with van der Waals surface area (Å²) in [5.74, 6) is 0.801. The number of carbonyl (C=O) groups excluding carboxylic acids is 3. The highest BCUT2D eigenvalue weighted by atomic mass is 28.4. The molecule has 3 aliphatic rings. The SMILES string of the molecule is CC(=O)OC[C@H]1C[C@@H](OC(C)=O)CC[C@]1(C)[C@H]1CC[C@]2(C)C(=O)CC[C@H]2[C@@H]1CCC(C)(C)[Si](O)(c1ccccc1)c1ccccc1. The van der Waals surface area contributed by atoms with Gasteiger partial charge in [0.1, 0.15) is 11.9 Å². The van der Waals surface area contributed by atoms with E-state index in [0.717, 1.165) is 55.3 Å². The van der Waals surface area contributed by atoms with Gasteiger partial charge in [-0.2, -0.15) is 0 Å². The van der Waals surface area contributed by atoms with Crippen molar-refractivity contribution < 1.29 is 28.7 Å². The van der Waals surface area contributed by atoms with E-state index in [1.807, 2.05) is 36.4 Å². The number of benzene rings is 2. The molecule has 0 heterocycles. The fourth-order valence-electron chi connectivity index (χ4n) is 9.98. The molecule has 3 fully saturated rings. The third-order valence-electron chi connectivity index (χ3n) is 12.8. The van der Waals surface area contributed by atoms with Gasteiger partial charge in [0.15, 0.2) is 0 Å². The first kappa shape index (κ1) is 34.6. The molecule has 46 heavy (non-hydrogen) atoms. The lowest BCUT2D eigenvalue weighted by Crippen LogP contribution is -2.65. The molecule has 3 saturated carbocycles. The Morgan fingerprint density at radius 3 is 2.07 bits per heavy atom. The molecule has 250 valence electrons. The summed E-state index contributed by atoms with van der Waals surface area (Å²) in [6.45, 7) is 12.3.